The number of benzene rings is 7. The van der Waals surface area contributed by atoms with E-state index >= 15 is 0 Å². The molecule has 1 heterocycles. The molecule has 0 amide bonds. The fourth-order valence-corrected chi connectivity index (χ4v) is 12.3. The molecule has 7 aromatic carbocycles. The second kappa shape index (κ2) is 12.0. The van der Waals surface area contributed by atoms with E-state index in [1.807, 2.05) is 24.3 Å². The van der Waals surface area contributed by atoms with Crippen molar-refractivity contribution in [3.05, 3.63) is 187 Å². The van der Waals surface area contributed by atoms with Gasteiger partial charge in [0.15, 0.2) is 8.07 Å². The van der Waals surface area contributed by atoms with Gasteiger partial charge in [-0.15, -0.1) is 0 Å². The van der Waals surface area contributed by atoms with Crippen LogP contribution < -0.4 is 20.7 Å². The van der Waals surface area contributed by atoms with E-state index in [0.717, 1.165) is 38.6 Å². The zero-order valence-electron chi connectivity index (χ0n) is 26.1. The Bertz CT molecular complexity index is 2370. The molecule has 48 heavy (non-hydrogen) atoms. The fourth-order valence-electron chi connectivity index (χ4n) is 7.39. The van der Waals surface area contributed by atoms with E-state index in [0.29, 0.717) is 11.1 Å². The van der Waals surface area contributed by atoms with Gasteiger partial charge in [-0.3, -0.25) is 0 Å². The molecule has 0 saturated heterocycles. The molecule has 0 unspecified atom stereocenters. The Morgan fingerprint density at radius 1 is 0.417 bits per heavy atom. The first-order valence-corrected chi connectivity index (χ1v) is 18.0. The molecule has 4 heteroatoms. The van der Waals surface area contributed by atoms with Crippen LogP contribution in [-0.4, -0.2) is 12.6 Å². The molecule has 0 aliphatic carbocycles. The molecule has 0 bridgehead atoms. The van der Waals surface area contributed by atoms with Crippen LogP contribution in [0.3, 0.4) is 0 Å². The van der Waals surface area contributed by atoms with Crippen LogP contribution in [0, 0.1) is 22.7 Å². The number of hydrogen-bond donors (Lipinski definition) is 0. The van der Waals surface area contributed by atoms with Crippen LogP contribution in [0.1, 0.15) is 11.1 Å². The number of rotatable bonds is 6. The van der Waals surface area contributed by atoms with Crippen molar-refractivity contribution in [3.8, 4) is 29.0 Å². The lowest BCUT2D eigenvalue weighted by Gasteiger charge is -2.36. The largest absolute Gasteiger partial charge is 0.309 e. The smallest absolute Gasteiger partial charge is 0.180 e. The highest BCUT2D eigenvalue weighted by Crippen LogP contribution is 2.37. The van der Waals surface area contributed by atoms with Crippen molar-refractivity contribution >= 4 is 50.6 Å². The Hall–Kier alpha value is -6.46. The summed E-state index contributed by atoms with van der Waals surface area (Å²) in [5, 5.41) is 27.7. The van der Waals surface area contributed by atoms with Crippen LogP contribution >= 0.6 is 0 Å². The van der Waals surface area contributed by atoms with Crippen LogP contribution in [0.25, 0.3) is 38.6 Å². The lowest BCUT2D eigenvalue weighted by atomic mass is 9.99. The number of fused-ring (bicyclic) bond motifs is 3. The maximum absolute atomic E-state index is 10.3. The molecule has 0 aliphatic heterocycles. The van der Waals surface area contributed by atoms with Crippen LogP contribution in [0.15, 0.2) is 176 Å². The van der Waals surface area contributed by atoms with Crippen LogP contribution in [0.5, 0.6) is 0 Å². The SMILES string of the molecule is N#Cc1ccc([Si](c2ccccc2)(c2ccccc2)c2ccccc2)c(-c2ccc(C#N)cc2-n2c3ccccc3c3ccccc32)c1. The normalized spacial score (nSPS) is 11.3. The molecule has 8 rings (SSSR count). The van der Waals surface area contributed by atoms with Gasteiger partial charge in [0.2, 0.25) is 0 Å². The summed E-state index contributed by atoms with van der Waals surface area (Å²) < 4.78 is 2.28. The standard InChI is InChI=1S/C44H29N3Si/c45-30-32-25-27-44(48(34-14-4-1-5-15-34,35-16-6-2-7-17-35)36-18-8-3-9-19-36)40(28-32)39-26-24-33(31-46)29-43(39)47-41-22-12-10-20-37(41)38-21-11-13-23-42(38)47/h1-29H. The van der Waals surface area contributed by atoms with E-state index in [-0.39, 0.29) is 0 Å². The van der Waals surface area contributed by atoms with Gasteiger partial charge in [-0.2, -0.15) is 10.5 Å². The summed E-state index contributed by atoms with van der Waals surface area (Å²) >= 11 is 0. The summed E-state index contributed by atoms with van der Waals surface area (Å²) in [4.78, 5) is 0. The molecular weight excluding hydrogens is 599 g/mol. The van der Waals surface area contributed by atoms with Gasteiger partial charge in [-0.1, -0.05) is 140 Å². The third kappa shape index (κ3) is 4.55. The summed E-state index contributed by atoms with van der Waals surface area (Å²) in [6.07, 6.45) is 0. The van der Waals surface area contributed by atoms with E-state index in [1.165, 1.54) is 20.7 Å². The summed E-state index contributed by atoms with van der Waals surface area (Å²) in [6, 6.07) is 66.3. The topological polar surface area (TPSA) is 52.5 Å². The summed E-state index contributed by atoms with van der Waals surface area (Å²) in [6.45, 7) is 0. The maximum atomic E-state index is 10.3. The molecule has 224 valence electrons. The minimum absolute atomic E-state index is 0.575. The van der Waals surface area contributed by atoms with Crippen molar-refractivity contribution in [1.82, 2.24) is 4.57 Å². The van der Waals surface area contributed by atoms with Crippen molar-refractivity contribution < 1.29 is 0 Å². The first-order valence-electron chi connectivity index (χ1n) is 16.0. The van der Waals surface area contributed by atoms with Gasteiger partial charge in [-0.05, 0) is 62.7 Å². The van der Waals surface area contributed by atoms with Crippen molar-refractivity contribution in [3.63, 3.8) is 0 Å². The molecule has 0 fully saturated rings. The Balaban J connectivity index is 1.55. The number of para-hydroxylation sites is 2. The number of aromatic nitrogens is 1. The van der Waals surface area contributed by atoms with E-state index in [1.54, 1.807) is 0 Å². The van der Waals surface area contributed by atoms with Crippen molar-refractivity contribution in [2.24, 2.45) is 0 Å². The minimum atomic E-state index is -2.98. The predicted molar refractivity (Wildman–Crippen MR) is 199 cm³/mol. The molecule has 3 nitrogen and oxygen atoms in total. The fraction of sp³-hybridized carbons (Fsp3) is 0. The van der Waals surface area contributed by atoms with Gasteiger partial charge >= 0.3 is 0 Å². The van der Waals surface area contributed by atoms with Crippen LogP contribution in [0.4, 0.5) is 0 Å². The minimum Gasteiger partial charge on any atom is -0.309 e. The lowest BCUT2D eigenvalue weighted by Crippen LogP contribution is -2.75. The van der Waals surface area contributed by atoms with Gasteiger partial charge in [0.1, 0.15) is 0 Å². The van der Waals surface area contributed by atoms with E-state index in [2.05, 4.69) is 168 Å². The molecule has 0 N–H and O–H groups in total. The lowest BCUT2D eigenvalue weighted by molar-refractivity contribution is 1.18. The zero-order valence-corrected chi connectivity index (χ0v) is 27.1. The van der Waals surface area contributed by atoms with E-state index in [9.17, 15) is 10.5 Å². The van der Waals surface area contributed by atoms with Gasteiger partial charge in [-0.25, -0.2) is 0 Å². The van der Waals surface area contributed by atoms with Crippen LogP contribution in [0.2, 0.25) is 0 Å². The molecule has 0 saturated carbocycles. The van der Waals surface area contributed by atoms with Gasteiger partial charge in [0.25, 0.3) is 0 Å². The van der Waals surface area contributed by atoms with Gasteiger partial charge in [0.05, 0.1) is 40.0 Å². The summed E-state index contributed by atoms with van der Waals surface area (Å²) in [5.74, 6) is 0. The van der Waals surface area contributed by atoms with Gasteiger partial charge < -0.3 is 4.57 Å². The molecule has 0 aliphatic rings. The Morgan fingerprint density at radius 2 is 0.854 bits per heavy atom. The molecule has 1 aromatic heterocycles. The second-order valence-corrected chi connectivity index (χ2v) is 15.7. The molecule has 0 radical (unpaired) electrons. The van der Waals surface area contributed by atoms with E-state index < -0.39 is 8.07 Å². The average Bonchev–Trinajstić information content (AvgIpc) is 3.50. The predicted octanol–water partition coefficient (Wildman–Crippen LogP) is 7.57. The summed E-state index contributed by atoms with van der Waals surface area (Å²) in [7, 11) is -2.98. The quantitative estimate of drug-likeness (QED) is 0.141. The van der Waals surface area contributed by atoms with Crippen molar-refractivity contribution in [1.29, 1.82) is 10.5 Å². The van der Waals surface area contributed by atoms with Crippen molar-refractivity contribution in [2.75, 3.05) is 0 Å². The molecular formula is C44H29N3Si. The van der Waals surface area contributed by atoms with Crippen molar-refractivity contribution in [2.45, 2.75) is 0 Å². The third-order valence-electron chi connectivity index (χ3n) is 9.41. The third-order valence-corrected chi connectivity index (χ3v) is 14.3. The Kier molecular flexibility index (Phi) is 7.27. The van der Waals surface area contributed by atoms with Gasteiger partial charge in [0, 0.05) is 16.3 Å². The monoisotopic (exact) mass is 627 g/mol. The Morgan fingerprint density at radius 3 is 1.35 bits per heavy atom. The Labute approximate surface area is 280 Å². The maximum Gasteiger partial charge on any atom is 0.180 e. The molecule has 0 spiro atoms. The highest BCUT2D eigenvalue weighted by atomic mass is 28.3. The highest BCUT2D eigenvalue weighted by molar-refractivity contribution is 7.20. The number of nitriles is 2. The number of hydrogen-bond acceptors (Lipinski definition) is 2. The second-order valence-electron chi connectivity index (χ2n) is 11.9. The molecule has 8 aromatic rings. The molecule has 0 atom stereocenters. The number of nitrogens with zero attached hydrogens (tertiary/aromatic N) is 3. The summed E-state index contributed by atoms with van der Waals surface area (Å²) in [5.41, 5.74) is 6.14. The zero-order chi connectivity index (χ0) is 32.5. The van der Waals surface area contributed by atoms with E-state index in [4.69, 9.17) is 0 Å². The highest BCUT2D eigenvalue weighted by Gasteiger charge is 2.43. The first-order chi connectivity index (χ1) is 23.7. The average molecular weight is 628 g/mol. The van der Waals surface area contributed by atoms with Crippen LogP contribution in [-0.2, 0) is 0 Å². The first kappa shape index (κ1) is 29.0.